The van der Waals surface area contributed by atoms with Gasteiger partial charge in [-0.2, -0.15) is 5.26 Å². The van der Waals surface area contributed by atoms with E-state index in [-0.39, 0.29) is 18.9 Å². The summed E-state index contributed by atoms with van der Waals surface area (Å²) >= 11 is 0. The van der Waals surface area contributed by atoms with E-state index in [0.29, 0.717) is 60.1 Å². The van der Waals surface area contributed by atoms with Crippen molar-refractivity contribution in [3.05, 3.63) is 47.5 Å². The zero-order valence-electron chi connectivity index (χ0n) is 27.7. The van der Waals surface area contributed by atoms with Crippen LogP contribution in [0.3, 0.4) is 0 Å². The molecule has 0 spiro atoms. The number of benzene rings is 2. The van der Waals surface area contributed by atoms with Crippen LogP contribution >= 0.6 is 0 Å². The first-order valence-electron chi connectivity index (χ1n) is 15.1. The molecule has 13 nitrogen and oxygen atoms in total. The van der Waals surface area contributed by atoms with Crippen LogP contribution in [0.2, 0.25) is 0 Å². The van der Waals surface area contributed by atoms with Crippen LogP contribution in [0.4, 0.5) is 0 Å². The summed E-state index contributed by atoms with van der Waals surface area (Å²) in [6.45, 7) is 4.71. The number of likely N-dealkylation sites (N-methyl/N-ethyl adjacent to an activating group) is 3. The molecule has 0 aromatic heterocycles. The average Bonchev–Trinajstić information content (AvgIpc) is 2.99. The molecule has 0 saturated carbocycles. The number of carbonyl (C=O) groups is 4. The molecule has 1 heterocycles. The first-order valence-corrected chi connectivity index (χ1v) is 15.1. The van der Waals surface area contributed by atoms with Gasteiger partial charge in [0.2, 0.25) is 23.6 Å². The number of hydrogen-bond donors (Lipinski definition) is 3. The first kappa shape index (κ1) is 35.8. The highest BCUT2D eigenvalue weighted by atomic mass is 16.5. The van der Waals surface area contributed by atoms with Gasteiger partial charge in [0.25, 0.3) is 0 Å². The minimum atomic E-state index is -1.08. The van der Waals surface area contributed by atoms with Crippen molar-refractivity contribution in [3.63, 3.8) is 0 Å². The second kappa shape index (κ2) is 16.6. The van der Waals surface area contributed by atoms with Crippen LogP contribution in [0.1, 0.15) is 31.0 Å². The predicted octanol–water partition coefficient (Wildman–Crippen LogP) is 0.939. The van der Waals surface area contributed by atoms with Crippen molar-refractivity contribution >= 4 is 23.6 Å². The molecule has 0 radical (unpaired) electrons. The van der Waals surface area contributed by atoms with Gasteiger partial charge in [0.05, 0.1) is 6.07 Å². The maximum atomic E-state index is 13.8. The number of fused-ring (bicyclic) bond motifs is 5. The van der Waals surface area contributed by atoms with Gasteiger partial charge in [-0.15, -0.1) is 0 Å². The Bertz CT molecular complexity index is 1450. The van der Waals surface area contributed by atoms with Gasteiger partial charge in [0.15, 0.2) is 0 Å². The van der Waals surface area contributed by atoms with E-state index in [1.54, 1.807) is 18.2 Å². The summed E-state index contributed by atoms with van der Waals surface area (Å²) in [5.41, 5.74) is 2.50. The van der Waals surface area contributed by atoms with Gasteiger partial charge >= 0.3 is 0 Å². The standard InChI is InChI=1S/C33H45N7O6/c1-21-31(42)37-27(32(43)35-13-12-34)19-23-8-10-28(45-16-14-38(3)4)25(18-23)26-20-24(9-11-29(26)46-17-15-39(5)6)30(33(44)36-21)40(7)22(2)41/h8-11,18,20-21,27,30H,13-17,19H2,1-7H3,(H,35,43)(H,36,44)(H,37,42)/t21-,27-,30-/m0/s1. The van der Waals surface area contributed by atoms with Crippen LogP contribution in [0, 0.1) is 11.3 Å². The Balaban J connectivity index is 2.28. The Labute approximate surface area is 270 Å². The van der Waals surface area contributed by atoms with Crippen LogP contribution in [0.5, 0.6) is 11.5 Å². The van der Waals surface area contributed by atoms with Gasteiger partial charge in [-0.3, -0.25) is 19.2 Å². The molecule has 2 aromatic rings. The largest absolute Gasteiger partial charge is 0.492 e. The fraction of sp³-hybridized carbons (Fsp3) is 0.485. The van der Waals surface area contributed by atoms with Crippen LogP contribution in [-0.4, -0.2) is 118 Å². The monoisotopic (exact) mass is 635 g/mol. The Kier molecular flexibility index (Phi) is 12.9. The summed E-state index contributed by atoms with van der Waals surface area (Å²) in [4.78, 5) is 58.0. The smallest absolute Gasteiger partial charge is 0.248 e. The van der Waals surface area contributed by atoms with Crippen molar-refractivity contribution in [1.82, 2.24) is 30.7 Å². The number of carbonyl (C=O) groups excluding carboxylic acids is 4. The molecule has 46 heavy (non-hydrogen) atoms. The van der Waals surface area contributed by atoms with Gasteiger partial charge in [-0.1, -0.05) is 12.1 Å². The van der Waals surface area contributed by atoms with Crippen LogP contribution in [0.25, 0.3) is 11.1 Å². The predicted molar refractivity (Wildman–Crippen MR) is 173 cm³/mol. The van der Waals surface area contributed by atoms with Crippen molar-refractivity contribution in [2.45, 2.75) is 38.4 Å². The quantitative estimate of drug-likeness (QED) is 0.306. The molecule has 1 aliphatic rings. The maximum absolute atomic E-state index is 13.8. The highest BCUT2D eigenvalue weighted by Gasteiger charge is 2.32. The van der Waals surface area contributed by atoms with E-state index in [1.165, 1.54) is 25.8 Å². The molecule has 1 aliphatic heterocycles. The summed E-state index contributed by atoms with van der Waals surface area (Å²) in [7, 11) is 9.30. The summed E-state index contributed by atoms with van der Waals surface area (Å²) in [5.74, 6) is -0.974. The normalized spacial score (nSPS) is 18.1. The summed E-state index contributed by atoms with van der Waals surface area (Å²) < 4.78 is 12.5. The molecule has 2 aromatic carbocycles. The fourth-order valence-corrected chi connectivity index (χ4v) is 4.85. The number of nitriles is 1. The van der Waals surface area contributed by atoms with Crippen LogP contribution in [-0.2, 0) is 25.6 Å². The van der Waals surface area contributed by atoms with Crippen LogP contribution in [0.15, 0.2) is 36.4 Å². The zero-order chi connectivity index (χ0) is 34.0. The second-order valence-corrected chi connectivity index (χ2v) is 11.8. The van der Waals surface area contributed by atoms with Crippen LogP contribution < -0.4 is 25.4 Å². The van der Waals surface area contributed by atoms with Crippen molar-refractivity contribution in [1.29, 1.82) is 5.26 Å². The molecule has 0 unspecified atom stereocenters. The molecule has 3 atom stereocenters. The highest BCUT2D eigenvalue weighted by molar-refractivity contribution is 5.95. The number of nitrogens with one attached hydrogen (secondary N) is 3. The van der Waals surface area contributed by atoms with Gasteiger partial charge < -0.3 is 40.1 Å². The summed E-state index contributed by atoms with van der Waals surface area (Å²) in [6, 6.07) is 9.52. The van der Waals surface area contributed by atoms with Crippen molar-refractivity contribution in [2.75, 3.05) is 68.1 Å². The third kappa shape index (κ3) is 9.66. The molecule has 3 rings (SSSR count). The van der Waals surface area contributed by atoms with Gasteiger partial charge in [-0.25, -0.2) is 0 Å². The molecule has 0 fully saturated rings. The molecule has 4 bridgehead atoms. The number of nitrogens with zero attached hydrogens (tertiary/aromatic N) is 4. The molecule has 13 heteroatoms. The van der Waals surface area contributed by atoms with Crippen molar-refractivity contribution < 1.29 is 28.7 Å². The van der Waals surface area contributed by atoms with E-state index in [4.69, 9.17) is 14.7 Å². The molecular weight excluding hydrogens is 590 g/mol. The van der Waals surface area contributed by atoms with E-state index < -0.39 is 35.8 Å². The lowest BCUT2D eigenvalue weighted by atomic mass is 9.93. The van der Waals surface area contributed by atoms with Gasteiger partial charge in [-0.05, 0) is 70.5 Å². The summed E-state index contributed by atoms with van der Waals surface area (Å²) in [5, 5.41) is 17.0. The maximum Gasteiger partial charge on any atom is 0.248 e. The highest BCUT2D eigenvalue weighted by Crippen LogP contribution is 2.40. The second-order valence-electron chi connectivity index (χ2n) is 11.8. The topological polar surface area (TPSA) is 156 Å². The molecule has 4 amide bonds. The minimum Gasteiger partial charge on any atom is -0.492 e. The van der Waals surface area contributed by atoms with Gasteiger partial charge in [0.1, 0.15) is 49.4 Å². The number of ether oxygens (including phenoxy) is 2. The number of hydrogen-bond acceptors (Lipinski definition) is 9. The van der Waals surface area contributed by atoms with E-state index in [2.05, 4.69) is 16.0 Å². The Morgan fingerprint density at radius 1 is 0.913 bits per heavy atom. The van der Waals surface area contributed by atoms with E-state index in [0.717, 1.165) is 0 Å². The molecular formula is C33H45N7O6. The van der Waals surface area contributed by atoms with Crippen molar-refractivity contribution in [2.24, 2.45) is 0 Å². The van der Waals surface area contributed by atoms with E-state index >= 15 is 0 Å². The Hall–Kier alpha value is -4.67. The zero-order valence-corrected chi connectivity index (χ0v) is 27.7. The molecule has 248 valence electrons. The summed E-state index contributed by atoms with van der Waals surface area (Å²) in [6.07, 6.45) is 0.0981. The fourth-order valence-electron chi connectivity index (χ4n) is 4.85. The molecule has 0 aliphatic carbocycles. The number of rotatable bonds is 11. The van der Waals surface area contributed by atoms with E-state index in [1.807, 2.05) is 62.3 Å². The SMILES string of the molecule is CC(=O)N(C)[C@@H]1C(=O)N[C@@H](C)C(=O)N[C@H](C(=O)NCC#N)Cc2ccc(OCCN(C)C)c(c2)-c2cc1ccc2OCCN(C)C. The lowest BCUT2D eigenvalue weighted by molar-refractivity contribution is -0.139. The third-order valence-corrected chi connectivity index (χ3v) is 7.54. The first-order chi connectivity index (χ1) is 21.8. The van der Waals surface area contributed by atoms with E-state index in [9.17, 15) is 19.2 Å². The lowest BCUT2D eigenvalue weighted by Crippen LogP contribution is -2.54. The van der Waals surface area contributed by atoms with Gasteiger partial charge in [0, 0.05) is 44.6 Å². The molecule has 0 saturated heterocycles. The lowest BCUT2D eigenvalue weighted by Gasteiger charge is -2.29. The average molecular weight is 636 g/mol. The third-order valence-electron chi connectivity index (χ3n) is 7.54. The van der Waals surface area contributed by atoms with Crippen molar-refractivity contribution in [3.8, 4) is 28.7 Å². The minimum absolute atomic E-state index is 0.0981. The number of amides is 4. The molecule has 3 N–H and O–H groups in total. The Morgan fingerprint density at radius 2 is 1.50 bits per heavy atom. The Morgan fingerprint density at radius 3 is 2.07 bits per heavy atom.